The summed E-state index contributed by atoms with van der Waals surface area (Å²) in [6.45, 7) is 2.17. The first-order valence-electron chi connectivity index (χ1n) is 9.86. The Labute approximate surface area is 224 Å². The zero-order chi connectivity index (χ0) is 24.8. The number of ether oxygens (including phenoxy) is 2. The summed E-state index contributed by atoms with van der Waals surface area (Å²) in [5.74, 6) is 0.339. The Balaban J connectivity index is 1.87. The van der Waals surface area contributed by atoms with Gasteiger partial charge in [-0.1, -0.05) is 47.0 Å². The molecular weight excluding hydrogens is 607 g/mol. The molecule has 3 aromatic rings. The summed E-state index contributed by atoms with van der Waals surface area (Å²) in [7, 11) is 1.50. The first-order chi connectivity index (χ1) is 16.2. The summed E-state index contributed by atoms with van der Waals surface area (Å²) < 4.78 is 12.6. The fourth-order valence-electron chi connectivity index (χ4n) is 2.92. The number of nitrogens with zero attached hydrogens (tertiary/aromatic N) is 1. The number of carbonyl (C=O) groups is 1. The van der Waals surface area contributed by atoms with Gasteiger partial charge < -0.3 is 14.8 Å². The molecule has 0 aromatic heterocycles. The highest BCUT2D eigenvalue weighted by molar-refractivity contribution is 9.13. The Morgan fingerprint density at radius 3 is 2.41 bits per heavy atom. The third-order valence-corrected chi connectivity index (χ3v) is 7.60. The quantitative estimate of drug-likeness (QED) is 0.214. The van der Waals surface area contributed by atoms with Gasteiger partial charge in [-0.05, 0) is 86.3 Å². The van der Waals surface area contributed by atoms with Crippen LogP contribution < -0.4 is 14.8 Å². The highest BCUT2D eigenvalue weighted by Crippen LogP contribution is 2.44. The number of aryl methyl sites for hydroxylation is 1. The molecule has 0 aliphatic carbocycles. The predicted octanol–water partition coefficient (Wildman–Crippen LogP) is 7.96. The molecule has 0 aliphatic heterocycles. The van der Waals surface area contributed by atoms with E-state index >= 15 is 0 Å². The van der Waals surface area contributed by atoms with Crippen LogP contribution in [0.1, 0.15) is 16.7 Å². The molecule has 0 radical (unpaired) electrons. The topological polar surface area (TPSA) is 71.3 Å². The van der Waals surface area contributed by atoms with Gasteiger partial charge in [0.25, 0.3) is 5.91 Å². The average Bonchev–Trinajstić information content (AvgIpc) is 2.82. The number of nitrogens with one attached hydrogen (secondary N) is 1. The van der Waals surface area contributed by atoms with Gasteiger partial charge in [-0.15, -0.1) is 0 Å². The third-order valence-electron chi connectivity index (χ3n) is 4.72. The summed E-state index contributed by atoms with van der Waals surface area (Å²) in [5.41, 5.74) is 2.97. The maximum atomic E-state index is 12.7. The first-order valence-corrected chi connectivity index (χ1v) is 12.2. The van der Waals surface area contributed by atoms with Crippen LogP contribution in [-0.2, 0) is 11.4 Å². The predicted molar refractivity (Wildman–Crippen MR) is 143 cm³/mol. The van der Waals surface area contributed by atoms with Crippen LogP contribution in [0.3, 0.4) is 0 Å². The molecule has 3 aromatic carbocycles. The van der Waals surface area contributed by atoms with Crippen LogP contribution in [0.5, 0.6) is 11.5 Å². The minimum absolute atomic E-state index is 0.0697. The van der Waals surface area contributed by atoms with Crippen molar-refractivity contribution in [1.29, 1.82) is 5.26 Å². The molecule has 0 fully saturated rings. The second-order valence-electron chi connectivity index (χ2n) is 7.15. The molecule has 0 spiro atoms. The van der Waals surface area contributed by atoms with Crippen molar-refractivity contribution in [2.75, 3.05) is 12.4 Å². The molecule has 0 unspecified atom stereocenters. The minimum Gasteiger partial charge on any atom is -0.493 e. The van der Waals surface area contributed by atoms with Crippen LogP contribution in [0.2, 0.25) is 10.0 Å². The van der Waals surface area contributed by atoms with Crippen molar-refractivity contribution in [2.24, 2.45) is 0 Å². The van der Waals surface area contributed by atoms with Crippen LogP contribution >= 0.6 is 55.1 Å². The summed E-state index contributed by atoms with van der Waals surface area (Å²) in [4.78, 5) is 12.7. The van der Waals surface area contributed by atoms with E-state index in [4.69, 9.17) is 32.7 Å². The highest BCUT2D eigenvalue weighted by Gasteiger charge is 2.19. The van der Waals surface area contributed by atoms with Crippen LogP contribution in [0.15, 0.2) is 63.0 Å². The van der Waals surface area contributed by atoms with E-state index in [0.717, 1.165) is 11.1 Å². The Kier molecular flexibility index (Phi) is 9.03. The molecular formula is C25H18Br2Cl2N2O3. The van der Waals surface area contributed by atoms with Crippen molar-refractivity contribution in [2.45, 2.75) is 13.5 Å². The lowest BCUT2D eigenvalue weighted by Gasteiger charge is -2.16. The van der Waals surface area contributed by atoms with Crippen molar-refractivity contribution in [3.63, 3.8) is 0 Å². The van der Waals surface area contributed by atoms with Crippen LogP contribution in [-0.4, -0.2) is 13.0 Å². The van der Waals surface area contributed by atoms with Gasteiger partial charge in [0, 0.05) is 10.2 Å². The van der Waals surface area contributed by atoms with Gasteiger partial charge in [-0.3, -0.25) is 4.79 Å². The Morgan fingerprint density at radius 2 is 1.79 bits per heavy atom. The molecule has 0 saturated carbocycles. The van der Waals surface area contributed by atoms with Gasteiger partial charge in [0.15, 0.2) is 11.5 Å². The normalized spacial score (nSPS) is 11.0. The van der Waals surface area contributed by atoms with E-state index in [9.17, 15) is 10.1 Å². The number of rotatable bonds is 7. The van der Waals surface area contributed by atoms with Gasteiger partial charge in [-0.2, -0.15) is 5.26 Å². The number of halogens is 4. The highest BCUT2D eigenvalue weighted by atomic mass is 79.9. The minimum atomic E-state index is -0.520. The van der Waals surface area contributed by atoms with Gasteiger partial charge >= 0.3 is 0 Å². The van der Waals surface area contributed by atoms with Crippen LogP contribution in [0.4, 0.5) is 5.69 Å². The van der Waals surface area contributed by atoms with Crippen molar-refractivity contribution >= 4 is 72.7 Å². The number of anilines is 1. The fourth-order valence-corrected chi connectivity index (χ4v) is 4.19. The molecule has 9 heteroatoms. The lowest BCUT2D eigenvalue weighted by Crippen LogP contribution is -2.13. The van der Waals surface area contributed by atoms with Gasteiger partial charge in [0.2, 0.25) is 0 Å². The standard InChI is InChI=1S/C25H18Br2Cl2N2O3/c1-14-3-6-18(7-4-14)31-25(32)17(12-30)10-16-11-21(33-2)24(23(27)22(16)26)34-13-15-5-8-19(28)20(29)9-15/h3-11H,13H2,1-2H3,(H,31,32)/b17-10-. The number of hydrogen-bond acceptors (Lipinski definition) is 4. The molecule has 0 heterocycles. The maximum absolute atomic E-state index is 12.7. The second-order valence-corrected chi connectivity index (χ2v) is 9.55. The first kappa shape index (κ1) is 26.1. The van der Waals surface area contributed by atoms with Crippen LogP contribution in [0, 0.1) is 18.3 Å². The Morgan fingerprint density at radius 1 is 1.09 bits per heavy atom. The average molecular weight is 625 g/mol. The molecule has 34 heavy (non-hydrogen) atoms. The second kappa shape index (κ2) is 11.8. The Hall–Kier alpha value is -2.50. The molecule has 0 aliphatic rings. The molecule has 1 amide bonds. The molecule has 0 atom stereocenters. The lowest BCUT2D eigenvalue weighted by atomic mass is 10.1. The van der Waals surface area contributed by atoms with Crippen molar-refractivity contribution in [1.82, 2.24) is 0 Å². The van der Waals surface area contributed by atoms with E-state index in [1.54, 1.807) is 30.3 Å². The van der Waals surface area contributed by atoms with E-state index in [0.29, 0.717) is 41.7 Å². The summed E-state index contributed by atoms with van der Waals surface area (Å²) >= 11 is 19.1. The van der Waals surface area contributed by atoms with Crippen molar-refractivity contribution in [3.8, 4) is 17.6 Å². The van der Waals surface area contributed by atoms with E-state index in [-0.39, 0.29) is 12.2 Å². The number of nitriles is 1. The summed E-state index contributed by atoms with van der Waals surface area (Å²) in [6, 6.07) is 16.2. The van der Waals surface area contributed by atoms with E-state index in [2.05, 4.69) is 37.2 Å². The molecule has 1 N–H and O–H groups in total. The number of methoxy groups -OCH3 is 1. The number of hydrogen-bond donors (Lipinski definition) is 1. The maximum Gasteiger partial charge on any atom is 0.266 e. The molecule has 174 valence electrons. The molecule has 3 rings (SSSR count). The number of amides is 1. The SMILES string of the molecule is COc1cc(/C=C(/C#N)C(=O)Nc2ccc(C)cc2)c(Br)c(Br)c1OCc1ccc(Cl)c(Cl)c1. The summed E-state index contributed by atoms with van der Waals surface area (Å²) in [6.07, 6.45) is 1.48. The number of benzene rings is 3. The van der Waals surface area contributed by atoms with Gasteiger partial charge in [0.1, 0.15) is 18.2 Å². The zero-order valence-electron chi connectivity index (χ0n) is 18.1. The summed E-state index contributed by atoms with van der Waals surface area (Å²) in [5, 5.41) is 13.2. The molecule has 0 saturated heterocycles. The fraction of sp³-hybridized carbons (Fsp3) is 0.120. The monoisotopic (exact) mass is 622 g/mol. The van der Waals surface area contributed by atoms with Gasteiger partial charge in [0.05, 0.1) is 21.6 Å². The third kappa shape index (κ3) is 6.34. The van der Waals surface area contributed by atoms with E-state index in [1.807, 2.05) is 31.2 Å². The molecule has 5 nitrogen and oxygen atoms in total. The largest absolute Gasteiger partial charge is 0.493 e. The van der Waals surface area contributed by atoms with E-state index in [1.165, 1.54) is 13.2 Å². The smallest absolute Gasteiger partial charge is 0.266 e. The van der Waals surface area contributed by atoms with Crippen molar-refractivity contribution in [3.05, 3.63) is 89.8 Å². The van der Waals surface area contributed by atoms with Crippen molar-refractivity contribution < 1.29 is 14.3 Å². The number of carbonyl (C=O) groups excluding carboxylic acids is 1. The zero-order valence-corrected chi connectivity index (χ0v) is 22.8. The van der Waals surface area contributed by atoms with Crippen LogP contribution in [0.25, 0.3) is 6.08 Å². The van der Waals surface area contributed by atoms with E-state index < -0.39 is 5.91 Å². The lowest BCUT2D eigenvalue weighted by molar-refractivity contribution is -0.112. The van der Waals surface area contributed by atoms with Gasteiger partial charge in [-0.25, -0.2) is 0 Å². The Bertz CT molecular complexity index is 1300. The molecule has 0 bridgehead atoms.